The predicted molar refractivity (Wildman–Crippen MR) is 145 cm³/mol. The van der Waals surface area contributed by atoms with Gasteiger partial charge in [-0.15, -0.1) is 0 Å². The number of pyridine rings is 1. The molecule has 184 valence electrons. The Morgan fingerprint density at radius 3 is 2.63 bits per heavy atom. The van der Waals surface area contributed by atoms with Gasteiger partial charge in [-0.3, -0.25) is 4.98 Å². The van der Waals surface area contributed by atoms with E-state index in [9.17, 15) is 8.78 Å². The third kappa shape index (κ3) is 5.87. The molecule has 0 saturated carbocycles. The van der Waals surface area contributed by atoms with Gasteiger partial charge in [-0.1, -0.05) is 37.3 Å². The summed E-state index contributed by atoms with van der Waals surface area (Å²) in [5.41, 5.74) is 7.81. The van der Waals surface area contributed by atoms with E-state index < -0.39 is 11.6 Å². The smallest absolute Gasteiger partial charge is 0.160 e. The van der Waals surface area contributed by atoms with Crippen molar-refractivity contribution >= 4 is 28.5 Å². The Balaban J connectivity index is 1.56. The van der Waals surface area contributed by atoms with Gasteiger partial charge in [-0.2, -0.15) is 0 Å². The fourth-order valence-electron chi connectivity index (χ4n) is 4.97. The Morgan fingerprint density at radius 2 is 1.94 bits per heavy atom. The number of hydrogen-bond donors (Lipinski definition) is 1. The van der Waals surface area contributed by atoms with E-state index in [4.69, 9.17) is 12.2 Å². The minimum absolute atomic E-state index is 0.0508. The fourth-order valence-corrected chi connectivity index (χ4v) is 5.21. The first-order valence-corrected chi connectivity index (χ1v) is 12.6. The van der Waals surface area contributed by atoms with Crippen LogP contribution in [0, 0.1) is 24.5 Å². The van der Waals surface area contributed by atoms with E-state index in [0.29, 0.717) is 5.69 Å². The molecule has 0 amide bonds. The van der Waals surface area contributed by atoms with Gasteiger partial charge in [-0.05, 0) is 79.0 Å². The van der Waals surface area contributed by atoms with Crippen molar-refractivity contribution < 1.29 is 8.78 Å². The van der Waals surface area contributed by atoms with Gasteiger partial charge in [0.15, 0.2) is 11.6 Å². The molecule has 0 saturated heterocycles. The maximum absolute atomic E-state index is 13.8. The van der Waals surface area contributed by atoms with Crippen LogP contribution < -0.4 is 10.2 Å². The highest BCUT2D eigenvalue weighted by Crippen LogP contribution is 2.39. The monoisotopic (exact) mass is 493 g/mol. The molecule has 3 nitrogen and oxygen atoms in total. The van der Waals surface area contributed by atoms with Gasteiger partial charge in [0.2, 0.25) is 0 Å². The number of hydrogen-bond acceptors (Lipinski definition) is 4. The van der Waals surface area contributed by atoms with Gasteiger partial charge in [0, 0.05) is 54.7 Å². The number of aromatic nitrogens is 1. The number of halogens is 2. The summed E-state index contributed by atoms with van der Waals surface area (Å²) in [4.78, 5) is 7.76. The zero-order chi connectivity index (χ0) is 25.1. The summed E-state index contributed by atoms with van der Waals surface area (Å²) in [5, 5.41) is 3.42. The average Bonchev–Trinajstić information content (AvgIpc) is 2.82. The van der Waals surface area contributed by atoms with Crippen molar-refractivity contribution in [2.24, 2.45) is 5.92 Å². The van der Waals surface area contributed by atoms with Crippen LogP contribution in [0.3, 0.4) is 0 Å². The number of rotatable bonds is 8. The second-order valence-electron chi connectivity index (χ2n) is 9.83. The highest BCUT2D eigenvalue weighted by atomic mass is 32.1. The minimum atomic E-state index is -0.834. The average molecular weight is 494 g/mol. The number of anilines is 2. The Bertz CT molecular complexity index is 1210. The van der Waals surface area contributed by atoms with Crippen LogP contribution in [0.4, 0.5) is 20.2 Å². The molecular weight excluding hydrogens is 460 g/mol. The molecule has 3 aromatic rings. The number of aryl methyl sites for hydroxylation is 1. The van der Waals surface area contributed by atoms with Gasteiger partial charge in [0.05, 0.1) is 6.04 Å². The highest BCUT2D eigenvalue weighted by molar-refractivity contribution is 7.80. The standard InChI is InChI=1S/C29H33F2N3S/c1-18-8-10-21(32-17-18)14-19(2)28(35)15-20-9-12-23-24(29(20)34(3)4)6-5-7-27(23)33-22-11-13-25(30)26(31)16-22/h8-13,16-17,19,27,33H,5-7,14-15H2,1-4H3. The maximum atomic E-state index is 13.8. The van der Waals surface area contributed by atoms with Crippen LogP contribution in [0.1, 0.15) is 53.8 Å². The van der Waals surface area contributed by atoms with Crippen molar-refractivity contribution in [1.82, 2.24) is 4.98 Å². The quantitative estimate of drug-likeness (QED) is 0.342. The lowest BCUT2D eigenvalue weighted by Gasteiger charge is -2.32. The molecule has 1 aliphatic carbocycles. The molecule has 2 atom stereocenters. The van der Waals surface area contributed by atoms with Crippen molar-refractivity contribution in [3.8, 4) is 0 Å². The summed E-state index contributed by atoms with van der Waals surface area (Å²) in [6.07, 6.45) is 6.44. The van der Waals surface area contributed by atoms with E-state index >= 15 is 0 Å². The van der Waals surface area contributed by atoms with Crippen molar-refractivity contribution in [2.75, 3.05) is 24.3 Å². The van der Waals surface area contributed by atoms with Gasteiger partial charge in [0.1, 0.15) is 0 Å². The van der Waals surface area contributed by atoms with E-state index in [1.807, 2.05) is 13.1 Å². The summed E-state index contributed by atoms with van der Waals surface area (Å²) in [6.45, 7) is 4.22. The Labute approximate surface area is 212 Å². The van der Waals surface area contributed by atoms with Gasteiger partial charge < -0.3 is 10.2 Å². The maximum Gasteiger partial charge on any atom is 0.160 e. The van der Waals surface area contributed by atoms with E-state index in [1.165, 1.54) is 34.5 Å². The first-order valence-electron chi connectivity index (χ1n) is 12.2. The molecule has 2 unspecified atom stereocenters. The van der Waals surface area contributed by atoms with Crippen LogP contribution in [0.2, 0.25) is 0 Å². The van der Waals surface area contributed by atoms with E-state index in [0.717, 1.165) is 48.2 Å². The summed E-state index contributed by atoms with van der Waals surface area (Å²) in [5.74, 6) is -1.42. The molecular formula is C29H33F2N3S. The normalized spacial score (nSPS) is 15.9. The van der Waals surface area contributed by atoms with Gasteiger partial charge in [-0.25, -0.2) is 8.78 Å². The van der Waals surface area contributed by atoms with Crippen LogP contribution in [-0.4, -0.2) is 23.9 Å². The summed E-state index contributed by atoms with van der Waals surface area (Å²) >= 11 is 5.89. The SMILES string of the molecule is Cc1ccc(CC(C)C(=S)Cc2ccc3c(c2N(C)C)CCCC3Nc2ccc(F)c(F)c2)nc1. The lowest BCUT2D eigenvalue weighted by atomic mass is 9.83. The van der Waals surface area contributed by atoms with E-state index in [2.05, 4.69) is 60.5 Å². The van der Waals surface area contributed by atoms with Crippen LogP contribution in [0.15, 0.2) is 48.7 Å². The van der Waals surface area contributed by atoms with Crippen molar-refractivity contribution in [1.29, 1.82) is 0 Å². The Hall–Kier alpha value is -2.86. The summed E-state index contributed by atoms with van der Waals surface area (Å²) in [6, 6.07) is 12.6. The molecule has 0 fully saturated rings. The van der Waals surface area contributed by atoms with E-state index in [-0.39, 0.29) is 12.0 Å². The fraction of sp³-hybridized carbons (Fsp3) is 0.379. The number of nitrogens with one attached hydrogen (secondary N) is 1. The first kappa shape index (κ1) is 25.2. The Kier molecular flexibility index (Phi) is 7.80. The summed E-state index contributed by atoms with van der Waals surface area (Å²) in [7, 11) is 4.16. The zero-order valence-corrected chi connectivity index (χ0v) is 21.7. The van der Waals surface area contributed by atoms with E-state index in [1.54, 1.807) is 6.07 Å². The lowest BCUT2D eigenvalue weighted by Crippen LogP contribution is -2.23. The molecule has 0 bridgehead atoms. The Morgan fingerprint density at radius 1 is 1.14 bits per heavy atom. The van der Waals surface area contributed by atoms with Crippen molar-refractivity contribution in [2.45, 2.75) is 52.0 Å². The highest BCUT2D eigenvalue weighted by Gasteiger charge is 2.26. The van der Waals surface area contributed by atoms with Crippen LogP contribution >= 0.6 is 12.2 Å². The third-order valence-corrected chi connectivity index (χ3v) is 7.35. The van der Waals surface area contributed by atoms with Gasteiger partial charge >= 0.3 is 0 Å². The molecule has 35 heavy (non-hydrogen) atoms. The van der Waals surface area contributed by atoms with Crippen molar-refractivity contribution in [3.63, 3.8) is 0 Å². The second kappa shape index (κ2) is 10.8. The second-order valence-corrected chi connectivity index (χ2v) is 10.4. The molecule has 6 heteroatoms. The summed E-state index contributed by atoms with van der Waals surface area (Å²) < 4.78 is 27.1. The topological polar surface area (TPSA) is 28.2 Å². The number of fused-ring (bicyclic) bond motifs is 1. The number of thiocarbonyl (C=S) groups is 1. The molecule has 1 N–H and O–H groups in total. The predicted octanol–water partition coefficient (Wildman–Crippen LogP) is 7.01. The molecule has 1 aromatic heterocycles. The van der Waals surface area contributed by atoms with Crippen LogP contribution in [0.25, 0.3) is 0 Å². The minimum Gasteiger partial charge on any atom is -0.378 e. The number of nitrogens with zero attached hydrogens (tertiary/aromatic N) is 2. The van der Waals surface area contributed by atoms with Crippen LogP contribution in [0.5, 0.6) is 0 Å². The van der Waals surface area contributed by atoms with Crippen LogP contribution in [-0.2, 0) is 19.3 Å². The lowest BCUT2D eigenvalue weighted by molar-refractivity contribution is 0.508. The molecule has 2 aromatic carbocycles. The molecule has 1 aliphatic rings. The molecule has 1 heterocycles. The first-order chi connectivity index (χ1) is 16.7. The van der Waals surface area contributed by atoms with Gasteiger partial charge in [0.25, 0.3) is 0 Å². The molecule has 0 aliphatic heterocycles. The largest absolute Gasteiger partial charge is 0.378 e. The third-order valence-electron chi connectivity index (χ3n) is 6.81. The number of benzene rings is 2. The molecule has 0 radical (unpaired) electrons. The molecule has 0 spiro atoms. The van der Waals surface area contributed by atoms with Crippen molar-refractivity contribution in [3.05, 3.63) is 88.2 Å². The molecule has 4 rings (SSSR count). The zero-order valence-electron chi connectivity index (χ0n) is 20.9.